The van der Waals surface area contributed by atoms with E-state index in [-0.39, 0.29) is 16.9 Å². The van der Waals surface area contributed by atoms with E-state index in [0.717, 1.165) is 62.8 Å². The number of allylic oxidation sites excluding steroid dienone is 2. The molecule has 3 fully saturated rings. The van der Waals surface area contributed by atoms with E-state index >= 15 is 0 Å². The largest absolute Gasteiger partial charge is 0.393 e. The maximum absolute atomic E-state index is 13.5. The molecule has 4 heteroatoms. The minimum absolute atomic E-state index is 0.161. The summed E-state index contributed by atoms with van der Waals surface area (Å²) >= 11 is 0. The molecule has 0 aromatic carbocycles. The molecule has 5 rings (SSSR count). The third-order valence-electron chi connectivity index (χ3n) is 9.09. The molecule has 1 aromatic rings. The zero-order valence-electron chi connectivity index (χ0n) is 18.0. The minimum atomic E-state index is -0.208. The van der Waals surface area contributed by atoms with Crippen LogP contribution < -0.4 is 0 Å². The second-order valence-corrected chi connectivity index (χ2v) is 10.4. The van der Waals surface area contributed by atoms with Gasteiger partial charge in [0.25, 0.3) is 0 Å². The lowest BCUT2D eigenvalue weighted by molar-refractivity contribution is -0.130. The number of carbonyl (C=O) groups is 1. The van der Waals surface area contributed by atoms with Crippen LogP contribution in [0.3, 0.4) is 0 Å². The van der Waals surface area contributed by atoms with Gasteiger partial charge in [-0.25, -0.2) is 0 Å². The summed E-state index contributed by atoms with van der Waals surface area (Å²) in [5.74, 6) is 2.06. The van der Waals surface area contributed by atoms with Crippen LogP contribution in [0.5, 0.6) is 0 Å². The molecule has 29 heavy (non-hydrogen) atoms. The Morgan fingerprint density at radius 1 is 1.21 bits per heavy atom. The molecule has 4 nitrogen and oxygen atoms in total. The number of nitrogens with zero attached hydrogens (tertiary/aromatic N) is 2. The van der Waals surface area contributed by atoms with Gasteiger partial charge in [-0.2, -0.15) is 5.10 Å². The van der Waals surface area contributed by atoms with Crippen molar-refractivity contribution in [1.29, 1.82) is 0 Å². The van der Waals surface area contributed by atoms with Gasteiger partial charge in [-0.15, -0.1) is 0 Å². The lowest BCUT2D eigenvalue weighted by Crippen LogP contribution is -2.50. The normalized spacial score (nSPS) is 43.0. The van der Waals surface area contributed by atoms with Crippen molar-refractivity contribution >= 4 is 11.9 Å². The molecule has 4 aliphatic rings. The average molecular weight is 395 g/mol. The summed E-state index contributed by atoms with van der Waals surface area (Å²) in [4.78, 5) is 13.5. The molecule has 0 aliphatic heterocycles. The van der Waals surface area contributed by atoms with Crippen molar-refractivity contribution in [3.8, 4) is 0 Å². The van der Waals surface area contributed by atoms with Crippen molar-refractivity contribution in [3.63, 3.8) is 0 Å². The van der Waals surface area contributed by atoms with Crippen molar-refractivity contribution in [2.45, 2.75) is 78.4 Å². The van der Waals surface area contributed by atoms with Crippen molar-refractivity contribution < 1.29 is 9.90 Å². The Kier molecular flexibility index (Phi) is 4.43. The first-order valence-electron chi connectivity index (χ1n) is 11.5. The molecule has 0 bridgehead atoms. The summed E-state index contributed by atoms with van der Waals surface area (Å²) in [5.41, 5.74) is 3.56. The van der Waals surface area contributed by atoms with E-state index in [4.69, 9.17) is 0 Å². The number of hydrogen-bond acceptors (Lipinski definition) is 3. The average Bonchev–Trinajstić information content (AvgIpc) is 3.25. The number of Topliss-reactive ketones (excluding diaryl/α,β-unsaturated/α-hetero) is 1. The Labute approximate surface area is 174 Å². The first kappa shape index (κ1) is 19.3. The van der Waals surface area contributed by atoms with Crippen LogP contribution in [0.2, 0.25) is 0 Å². The Morgan fingerprint density at radius 2 is 2.00 bits per heavy atom. The summed E-state index contributed by atoms with van der Waals surface area (Å²) < 4.78 is 1.97. The summed E-state index contributed by atoms with van der Waals surface area (Å²) in [7, 11) is 0. The van der Waals surface area contributed by atoms with Gasteiger partial charge < -0.3 is 5.11 Å². The van der Waals surface area contributed by atoms with Crippen LogP contribution in [-0.4, -0.2) is 26.8 Å². The molecule has 4 aliphatic carbocycles. The molecule has 0 radical (unpaired) electrons. The van der Waals surface area contributed by atoms with Gasteiger partial charge in [-0.1, -0.05) is 25.5 Å². The van der Waals surface area contributed by atoms with E-state index in [2.05, 4.69) is 38.0 Å². The third-order valence-corrected chi connectivity index (χ3v) is 9.09. The summed E-state index contributed by atoms with van der Waals surface area (Å²) in [5, 5.41) is 14.6. The van der Waals surface area contributed by atoms with Crippen LogP contribution in [0.25, 0.3) is 6.08 Å². The smallest absolute Gasteiger partial charge is 0.165 e. The van der Waals surface area contributed by atoms with Crippen molar-refractivity contribution in [2.75, 3.05) is 0 Å². The zero-order valence-corrected chi connectivity index (χ0v) is 18.0. The van der Waals surface area contributed by atoms with Crippen LogP contribution in [0.1, 0.15) is 71.4 Å². The number of hydrogen-bond donors (Lipinski definition) is 1. The number of carbonyl (C=O) groups excluding carboxylic acids is 1. The van der Waals surface area contributed by atoms with Gasteiger partial charge in [0, 0.05) is 18.2 Å². The number of aliphatic hydroxyl groups is 1. The molecule has 6 atom stereocenters. The minimum Gasteiger partial charge on any atom is -0.393 e. The van der Waals surface area contributed by atoms with Crippen LogP contribution in [0, 0.1) is 28.6 Å². The molecule has 0 saturated heterocycles. The van der Waals surface area contributed by atoms with Gasteiger partial charge in [-0.3, -0.25) is 9.48 Å². The second-order valence-electron chi connectivity index (χ2n) is 10.4. The molecular formula is C25H34N2O2. The van der Waals surface area contributed by atoms with Gasteiger partial charge in [0.1, 0.15) is 0 Å². The van der Waals surface area contributed by atoms with Gasteiger partial charge in [-0.05, 0) is 92.8 Å². The Bertz CT molecular complexity index is 896. The predicted molar refractivity (Wildman–Crippen MR) is 114 cm³/mol. The number of aliphatic hydroxyl groups excluding tert-OH is 1. The lowest BCUT2D eigenvalue weighted by atomic mass is 9.48. The van der Waals surface area contributed by atoms with Crippen molar-refractivity contribution in [2.24, 2.45) is 28.6 Å². The summed E-state index contributed by atoms with van der Waals surface area (Å²) in [6.07, 6.45) is 13.2. The molecule has 1 aromatic heterocycles. The van der Waals surface area contributed by atoms with E-state index in [9.17, 15) is 9.90 Å². The van der Waals surface area contributed by atoms with Gasteiger partial charge in [0.15, 0.2) is 5.78 Å². The summed E-state index contributed by atoms with van der Waals surface area (Å²) in [6.45, 7) is 7.59. The first-order chi connectivity index (χ1) is 13.9. The van der Waals surface area contributed by atoms with Crippen LogP contribution >= 0.6 is 0 Å². The Balaban J connectivity index is 1.48. The second kappa shape index (κ2) is 6.66. The molecule has 1 heterocycles. The highest BCUT2D eigenvalue weighted by Crippen LogP contribution is 2.64. The highest BCUT2D eigenvalue weighted by Gasteiger charge is 2.59. The fourth-order valence-electron chi connectivity index (χ4n) is 7.35. The van der Waals surface area contributed by atoms with Gasteiger partial charge in [0.05, 0.1) is 11.8 Å². The monoisotopic (exact) mass is 394 g/mol. The highest BCUT2D eigenvalue weighted by molar-refractivity contribution is 6.05. The Hall–Kier alpha value is -1.68. The first-order valence-corrected chi connectivity index (χ1v) is 11.5. The topological polar surface area (TPSA) is 55.1 Å². The standard InChI is InChI=1S/C25H34N2O2/c1-4-27-18(9-12-26-27)13-16-14-22-20-6-5-17-15-19(28)7-10-24(17,2)21(20)8-11-25(22,3)23(16)29/h5,9,12-13,19-22,28H,4,6-8,10-11,14-15H2,1-3H3/b16-13+/t19-,20-,21+,22+,24-,25+/m0/s1. The number of rotatable bonds is 2. The van der Waals surface area contributed by atoms with E-state index < -0.39 is 0 Å². The Morgan fingerprint density at radius 3 is 2.79 bits per heavy atom. The quantitative estimate of drug-likeness (QED) is 0.580. The molecule has 0 unspecified atom stereocenters. The number of aryl methyl sites for hydroxylation is 1. The van der Waals surface area contributed by atoms with Crippen LogP contribution in [0.15, 0.2) is 29.5 Å². The molecule has 3 saturated carbocycles. The van der Waals surface area contributed by atoms with Crippen molar-refractivity contribution in [3.05, 3.63) is 35.2 Å². The van der Waals surface area contributed by atoms with Crippen LogP contribution in [-0.2, 0) is 11.3 Å². The third kappa shape index (κ3) is 2.74. The SMILES string of the molecule is CCn1nccc1/C=C1\C[C@@H]2[C@H]3CC=C4C[C@@H](O)CC[C@]4(C)[C@@H]3CC[C@@]2(C)C1=O. The number of fused-ring (bicyclic) bond motifs is 5. The molecule has 0 amide bonds. The molecule has 156 valence electrons. The van der Waals surface area contributed by atoms with E-state index in [1.807, 2.05) is 16.9 Å². The van der Waals surface area contributed by atoms with Gasteiger partial charge >= 0.3 is 0 Å². The van der Waals surface area contributed by atoms with Crippen molar-refractivity contribution in [1.82, 2.24) is 9.78 Å². The number of ketones is 1. The summed E-state index contributed by atoms with van der Waals surface area (Å²) in [6, 6.07) is 2.01. The van der Waals surface area contributed by atoms with E-state index in [1.54, 1.807) is 0 Å². The fourth-order valence-corrected chi connectivity index (χ4v) is 7.35. The maximum atomic E-state index is 13.5. The molecular weight excluding hydrogens is 360 g/mol. The fraction of sp³-hybridized carbons (Fsp3) is 0.680. The molecule has 0 spiro atoms. The zero-order chi connectivity index (χ0) is 20.4. The predicted octanol–water partition coefficient (Wildman–Crippen LogP) is 4.79. The van der Waals surface area contributed by atoms with Crippen LogP contribution in [0.4, 0.5) is 0 Å². The van der Waals surface area contributed by atoms with Gasteiger partial charge in [0.2, 0.25) is 0 Å². The van der Waals surface area contributed by atoms with E-state index in [0.29, 0.717) is 23.5 Å². The maximum Gasteiger partial charge on any atom is 0.165 e. The van der Waals surface area contributed by atoms with E-state index in [1.165, 1.54) is 5.57 Å². The molecule has 1 N–H and O–H groups in total. The number of aromatic nitrogens is 2. The highest BCUT2D eigenvalue weighted by atomic mass is 16.3. The lowest BCUT2D eigenvalue weighted by Gasteiger charge is -2.56.